The fourth-order valence-corrected chi connectivity index (χ4v) is 4.33. The van der Waals surface area contributed by atoms with E-state index in [0.717, 1.165) is 42.6 Å². The number of aromatic nitrogens is 2. The summed E-state index contributed by atoms with van der Waals surface area (Å²) in [6.45, 7) is 0.618. The van der Waals surface area contributed by atoms with E-state index in [2.05, 4.69) is 10.2 Å². The molecule has 0 aliphatic rings. The Morgan fingerprint density at radius 3 is 2.59 bits per heavy atom. The number of nitrogens with zero attached hydrogens (tertiary/aromatic N) is 2. The maximum Gasteiger partial charge on any atom is 0.253 e. The Bertz CT molecular complexity index is 1170. The number of aryl methyl sites for hydroxylation is 1. The predicted octanol–water partition coefficient (Wildman–Crippen LogP) is 4.25. The molecule has 0 bridgehead atoms. The molecule has 0 saturated carbocycles. The van der Waals surface area contributed by atoms with Gasteiger partial charge in [0.2, 0.25) is 0 Å². The lowest BCUT2D eigenvalue weighted by Gasteiger charge is -2.17. The zero-order valence-corrected chi connectivity index (χ0v) is 19.2. The van der Waals surface area contributed by atoms with Gasteiger partial charge < -0.3 is 4.90 Å². The van der Waals surface area contributed by atoms with Crippen molar-refractivity contribution in [3.63, 3.8) is 0 Å². The molecule has 170 valence electrons. The highest BCUT2D eigenvalue weighted by Crippen LogP contribution is 2.19. The number of halogens is 1. The van der Waals surface area contributed by atoms with E-state index < -0.39 is 9.84 Å². The molecule has 1 N–H and O–H groups in total. The van der Waals surface area contributed by atoms with Gasteiger partial charge in [-0.2, -0.15) is 5.10 Å². The molecule has 0 spiro atoms. The zero-order valence-electron chi connectivity index (χ0n) is 18.3. The summed E-state index contributed by atoms with van der Waals surface area (Å²) in [4.78, 5) is 14.3. The fraction of sp³-hybridized carbons (Fsp3) is 0.333. The molecule has 0 unspecified atom stereocenters. The Morgan fingerprint density at radius 2 is 1.84 bits per heavy atom. The molecule has 1 amide bonds. The summed E-state index contributed by atoms with van der Waals surface area (Å²) in [7, 11) is -1.39. The molecule has 8 heteroatoms. The molecule has 3 rings (SSSR count). The molecule has 0 atom stereocenters. The maximum absolute atomic E-state index is 13.4. The average molecular weight is 458 g/mol. The number of unbranched alkanes of at least 4 members (excludes halogenated alkanes) is 2. The van der Waals surface area contributed by atoms with Crippen LogP contribution in [0.5, 0.6) is 0 Å². The van der Waals surface area contributed by atoms with Gasteiger partial charge in [0.05, 0.1) is 11.4 Å². The first-order valence-electron chi connectivity index (χ1n) is 10.5. The van der Waals surface area contributed by atoms with Gasteiger partial charge in [0.25, 0.3) is 5.91 Å². The quantitative estimate of drug-likeness (QED) is 0.462. The molecule has 3 aromatic rings. The predicted molar refractivity (Wildman–Crippen MR) is 123 cm³/mol. The smallest absolute Gasteiger partial charge is 0.253 e. The Balaban J connectivity index is 1.43. The third-order valence-corrected chi connectivity index (χ3v) is 6.00. The number of carbonyl (C=O) groups excluding carboxylic acids is 1. The Hall–Kier alpha value is -3.00. The minimum Gasteiger partial charge on any atom is -0.342 e. The van der Waals surface area contributed by atoms with Crippen molar-refractivity contribution in [2.45, 2.75) is 31.4 Å². The summed E-state index contributed by atoms with van der Waals surface area (Å²) in [5.41, 5.74) is 3.58. The Kier molecular flexibility index (Phi) is 7.80. The molecule has 0 fully saturated rings. The Morgan fingerprint density at radius 1 is 1.06 bits per heavy atom. The lowest BCUT2D eigenvalue weighted by Crippen LogP contribution is -2.27. The number of aromatic amines is 1. The van der Waals surface area contributed by atoms with Crippen LogP contribution in [0.25, 0.3) is 11.3 Å². The van der Waals surface area contributed by atoms with Gasteiger partial charge in [0, 0.05) is 36.7 Å². The number of carbonyl (C=O) groups is 1. The summed E-state index contributed by atoms with van der Waals surface area (Å²) in [6, 6.07) is 15.1. The van der Waals surface area contributed by atoms with Crippen LogP contribution in [-0.2, 0) is 22.0 Å². The van der Waals surface area contributed by atoms with Crippen LogP contribution in [0.2, 0.25) is 0 Å². The SMILES string of the molecule is CN(CCCCCc1cc(-c2cccc(F)c2)n[nH]1)C(=O)c1cccc(CS(C)(=O)=O)c1. The number of amides is 1. The highest BCUT2D eigenvalue weighted by molar-refractivity contribution is 7.89. The molecular formula is C24H28FN3O3S. The van der Waals surface area contributed by atoms with E-state index in [9.17, 15) is 17.6 Å². The van der Waals surface area contributed by atoms with Crippen LogP contribution in [0.1, 0.15) is 40.9 Å². The summed E-state index contributed by atoms with van der Waals surface area (Å²) < 4.78 is 36.4. The molecule has 0 radical (unpaired) electrons. The maximum atomic E-state index is 13.4. The van der Waals surface area contributed by atoms with Gasteiger partial charge in [-0.15, -0.1) is 0 Å². The number of hydrogen-bond donors (Lipinski definition) is 1. The van der Waals surface area contributed by atoms with Gasteiger partial charge in [0.1, 0.15) is 5.82 Å². The van der Waals surface area contributed by atoms with E-state index in [1.807, 2.05) is 12.1 Å². The lowest BCUT2D eigenvalue weighted by molar-refractivity contribution is 0.0792. The number of rotatable bonds is 10. The van der Waals surface area contributed by atoms with E-state index in [4.69, 9.17) is 0 Å². The molecule has 1 aromatic heterocycles. The minimum absolute atomic E-state index is 0.0770. The first-order valence-corrected chi connectivity index (χ1v) is 12.6. The number of hydrogen-bond acceptors (Lipinski definition) is 4. The van der Waals surface area contributed by atoms with Crippen molar-refractivity contribution >= 4 is 15.7 Å². The van der Waals surface area contributed by atoms with Crippen LogP contribution >= 0.6 is 0 Å². The Labute approximate surface area is 188 Å². The van der Waals surface area contributed by atoms with Crippen molar-refractivity contribution in [3.8, 4) is 11.3 Å². The van der Waals surface area contributed by atoms with Crippen LogP contribution < -0.4 is 0 Å². The third kappa shape index (κ3) is 7.02. The van der Waals surface area contributed by atoms with E-state index in [-0.39, 0.29) is 17.5 Å². The second-order valence-electron chi connectivity index (χ2n) is 8.10. The van der Waals surface area contributed by atoms with Gasteiger partial charge >= 0.3 is 0 Å². The second-order valence-corrected chi connectivity index (χ2v) is 10.2. The topological polar surface area (TPSA) is 83.1 Å². The van der Waals surface area contributed by atoms with E-state index >= 15 is 0 Å². The number of benzene rings is 2. The number of H-pyrrole nitrogens is 1. The van der Waals surface area contributed by atoms with Gasteiger partial charge in [-0.05, 0) is 55.2 Å². The molecule has 0 aliphatic carbocycles. The van der Waals surface area contributed by atoms with Crippen LogP contribution in [-0.4, -0.2) is 49.3 Å². The zero-order chi connectivity index (χ0) is 23.1. The standard InChI is InChI=1S/C24H28FN3O3S/c1-28(24(29)20-10-6-8-18(14-20)17-32(2,30)31)13-5-3-4-12-22-16-23(27-26-22)19-9-7-11-21(25)15-19/h6-11,14-16H,3-5,12-13,17H2,1-2H3,(H,26,27). The van der Waals surface area contributed by atoms with Crippen molar-refractivity contribution in [1.29, 1.82) is 0 Å². The van der Waals surface area contributed by atoms with Gasteiger partial charge in [-0.3, -0.25) is 9.89 Å². The van der Waals surface area contributed by atoms with Gasteiger partial charge in [0.15, 0.2) is 9.84 Å². The third-order valence-electron chi connectivity index (χ3n) is 5.14. The van der Waals surface area contributed by atoms with Crippen molar-refractivity contribution in [1.82, 2.24) is 15.1 Å². The average Bonchev–Trinajstić information content (AvgIpc) is 3.21. The number of nitrogens with one attached hydrogen (secondary N) is 1. The van der Waals surface area contributed by atoms with Crippen molar-refractivity contribution in [3.05, 3.63) is 77.2 Å². The van der Waals surface area contributed by atoms with Crippen molar-refractivity contribution in [2.75, 3.05) is 19.8 Å². The highest BCUT2D eigenvalue weighted by Gasteiger charge is 2.13. The highest BCUT2D eigenvalue weighted by atomic mass is 32.2. The summed E-state index contributed by atoms with van der Waals surface area (Å²) >= 11 is 0. The van der Waals surface area contributed by atoms with Gasteiger partial charge in [-0.1, -0.05) is 30.7 Å². The molecule has 0 saturated heterocycles. The molecular weight excluding hydrogens is 429 g/mol. The van der Waals surface area contributed by atoms with E-state index in [1.165, 1.54) is 18.4 Å². The lowest BCUT2D eigenvalue weighted by atomic mass is 10.1. The normalized spacial score (nSPS) is 11.5. The summed E-state index contributed by atoms with van der Waals surface area (Å²) in [6.07, 6.45) is 4.75. The second kappa shape index (κ2) is 10.5. The van der Waals surface area contributed by atoms with Crippen LogP contribution in [0, 0.1) is 5.82 Å². The summed E-state index contributed by atoms with van der Waals surface area (Å²) in [5.74, 6) is -0.478. The first-order chi connectivity index (χ1) is 15.2. The molecule has 2 aromatic carbocycles. The van der Waals surface area contributed by atoms with Crippen molar-refractivity contribution in [2.24, 2.45) is 0 Å². The van der Waals surface area contributed by atoms with Crippen molar-refractivity contribution < 1.29 is 17.6 Å². The van der Waals surface area contributed by atoms with Crippen LogP contribution in [0.15, 0.2) is 54.6 Å². The molecule has 1 heterocycles. The van der Waals surface area contributed by atoms with E-state index in [0.29, 0.717) is 17.7 Å². The minimum atomic E-state index is -3.15. The molecule has 6 nitrogen and oxygen atoms in total. The summed E-state index contributed by atoms with van der Waals surface area (Å²) in [5, 5.41) is 7.26. The van der Waals surface area contributed by atoms with E-state index in [1.54, 1.807) is 42.3 Å². The molecule has 0 aliphatic heterocycles. The fourth-order valence-electron chi connectivity index (χ4n) is 3.55. The number of sulfone groups is 1. The first kappa shape index (κ1) is 23.7. The monoisotopic (exact) mass is 457 g/mol. The van der Waals surface area contributed by atoms with Crippen LogP contribution in [0.4, 0.5) is 4.39 Å². The molecule has 32 heavy (non-hydrogen) atoms. The van der Waals surface area contributed by atoms with Gasteiger partial charge in [-0.25, -0.2) is 12.8 Å². The van der Waals surface area contributed by atoms with Crippen LogP contribution in [0.3, 0.4) is 0 Å². The largest absolute Gasteiger partial charge is 0.342 e.